The molecule has 19 heavy (non-hydrogen) atoms. The highest BCUT2D eigenvalue weighted by atomic mass is 16.7. The first-order chi connectivity index (χ1) is 9.02. The molecule has 1 heterocycles. The Morgan fingerprint density at radius 3 is 2.58 bits per heavy atom. The Hall–Kier alpha value is -0.940. The molecule has 0 spiro atoms. The van der Waals surface area contributed by atoms with Gasteiger partial charge in [0.25, 0.3) is 0 Å². The monoisotopic (exact) mass is 265 g/mol. The Balaban J connectivity index is 1.96. The summed E-state index contributed by atoms with van der Waals surface area (Å²) in [5.74, 6) is -0.560. The van der Waals surface area contributed by atoms with Crippen molar-refractivity contribution in [3.05, 3.63) is 35.9 Å². The maximum Gasteiger partial charge on any atom is 0.163 e. The van der Waals surface area contributed by atoms with E-state index in [1.807, 2.05) is 32.0 Å². The summed E-state index contributed by atoms with van der Waals surface area (Å²) in [5.41, 5.74) is 1.19. The zero-order valence-electron chi connectivity index (χ0n) is 11.8. The van der Waals surface area contributed by atoms with E-state index in [9.17, 15) is 5.11 Å². The molecule has 1 fully saturated rings. The van der Waals surface area contributed by atoms with Crippen LogP contribution in [0.2, 0.25) is 0 Å². The summed E-state index contributed by atoms with van der Waals surface area (Å²) < 4.78 is 11.3. The minimum absolute atomic E-state index is 0.0290. The number of aliphatic hydroxyl groups is 1. The molecule has 0 radical (unpaired) electrons. The highest BCUT2D eigenvalue weighted by Gasteiger charge is 2.37. The third-order valence-corrected chi connectivity index (χ3v) is 3.44. The molecule has 0 aromatic heterocycles. The van der Waals surface area contributed by atoms with E-state index in [4.69, 9.17) is 9.47 Å². The average Bonchev–Trinajstić information content (AvgIpc) is 2.77. The van der Waals surface area contributed by atoms with Crippen molar-refractivity contribution in [2.75, 3.05) is 13.2 Å². The molecule has 4 nitrogen and oxygen atoms in total. The molecule has 1 aromatic carbocycles. The van der Waals surface area contributed by atoms with Crippen LogP contribution in [0.4, 0.5) is 0 Å². The summed E-state index contributed by atoms with van der Waals surface area (Å²) in [6.07, 6.45) is -0.119. The summed E-state index contributed by atoms with van der Waals surface area (Å²) >= 11 is 0. The molecule has 1 saturated heterocycles. The Labute approximate surface area is 114 Å². The van der Waals surface area contributed by atoms with E-state index in [0.717, 1.165) is 0 Å². The van der Waals surface area contributed by atoms with Crippen LogP contribution in [-0.4, -0.2) is 36.3 Å². The van der Waals surface area contributed by atoms with Crippen LogP contribution in [0.5, 0.6) is 0 Å². The molecule has 0 amide bonds. The lowest BCUT2D eigenvalue weighted by Crippen LogP contribution is -2.45. The van der Waals surface area contributed by atoms with Crippen molar-refractivity contribution in [1.29, 1.82) is 0 Å². The number of aliphatic hydroxyl groups excluding tert-OH is 1. The van der Waals surface area contributed by atoms with E-state index in [-0.39, 0.29) is 24.8 Å². The largest absolute Gasteiger partial charge is 0.395 e. The van der Waals surface area contributed by atoms with Gasteiger partial charge in [-0.05, 0) is 26.3 Å². The minimum Gasteiger partial charge on any atom is -0.395 e. The van der Waals surface area contributed by atoms with E-state index in [1.165, 1.54) is 5.56 Å². The lowest BCUT2D eigenvalue weighted by Gasteiger charge is -2.27. The first-order valence-corrected chi connectivity index (χ1v) is 6.75. The van der Waals surface area contributed by atoms with Crippen LogP contribution in [0.25, 0.3) is 0 Å². The maximum atomic E-state index is 9.55. The van der Waals surface area contributed by atoms with Gasteiger partial charge >= 0.3 is 0 Å². The summed E-state index contributed by atoms with van der Waals surface area (Å²) in [5, 5.41) is 13.0. The van der Waals surface area contributed by atoms with Crippen LogP contribution < -0.4 is 5.32 Å². The number of hydrogen-bond acceptors (Lipinski definition) is 4. The third kappa shape index (κ3) is 3.76. The van der Waals surface area contributed by atoms with Gasteiger partial charge in [-0.25, -0.2) is 0 Å². The molecule has 1 aliphatic rings. The summed E-state index contributed by atoms with van der Waals surface area (Å²) in [7, 11) is 0. The van der Waals surface area contributed by atoms with E-state index in [1.54, 1.807) is 0 Å². The quantitative estimate of drug-likeness (QED) is 0.853. The third-order valence-electron chi connectivity index (χ3n) is 3.44. The Morgan fingerprint density at radius 2 is 2.05 bits per heavy atom. The van der Waals surface area contributed by atoms with Crippen LogP contribution in [0.1, 0.15) is 32.4 Å². The molecular formula is C15H23NO3. The fourth-order valence-corrected chi connectivity index (χ4v) is 2.35. The predicted octanol–water partition coefficient (Wildman–Crippen LogP) is 1.85. The lowest BCUT2D eigenvalue weighted by atomic mass is 10.1. The van der Waals surface area contributed by atoms with E-state index < -0.39 is 5.79 Å². The molecule has 0 unspecified atom stereocenters. The molecule has 1 aliphatic heterocycles. The standard InChI is InChI=1S/C15H23NO3/c1-11(12-7-5-4-6-8-12)16-13(9-17)14-10-18-15(2,3)19-14/h4-8,11,13-14,16-17H,9-10H2,1-3H3/t11-,13+,14+/m1/s1. The van der Waals surface area contributed by atoms with Gasteiger partial charge in [-0.1, -0.05) is 30.3 Å². The first-order valence-electron chi connectivity index (χ1n) is 6.75. The van der Waals surface area contributed by atoms with Crippen molar-refractivity contribution >= 4 is 0 Å². The second-order valence-corrected chi connectivity index (χ2v) is 5.46. The van der Waals surface area contributed by atoms with Crippen molar-refractivity contribution < 1.29 is 14.6 Å². The molecule has 4 heteroatoms. The van der Waals surface area contributed by atoms with E-state index >= 15 is 0 Å². The molecule has 0 saturated carbocycles. The molecule has 0 bridgehead atoms. The summed E-state index contributed by atoms with van der Waals surface area (Å²) in [6.45, 7) is 6.40. The number of rotatable bonds is 5. The Morgan fingerprint density at radius 1 is 1.37 bits per heavy atom. The number of ether oxygens (including phenoxy) is 2. The van der Waals surface area contributed by atoms with Gasteiger partial charge in [0.05, 0.1) is 19.3 Å². The smallest absolute Gasteiger partial charge is 0.163 e. The van der Waals surface area contributed by atoms with Crippen LogP contribution in [0.15, 0.2) is 30.3 Å². The average molecular weight is 265 g/mol. The molecule has 3 atom stereocenters. The van der Waals surface area contributed by atoms with Crippen molar-refractivity contribution in [2.45, 2.75) is 44.7 Å². The van der Waals surface area contributed by atoms with Gasteiger partial charge < -0.3 is 19.9 Å². The number of nitrogens with one attached hydrogen (secondary N) is 1. The fraction of sp³-hybridized carbons (Fsp3) is 0.600. The van der Waals surface area contributed by atoms with Crippen LogP contribution >= 0.6 is 0 Å². The second-order valence-electron chi connectivity index (χ2n) is 5.46. The number of benzene rings is 1. The van der Waals surface area contributed by atoms with Gasteiger partial charge in [-0.3, -0.25) is 0 Å². The zero-order chi connectivity index (χ0) is 13.9. The van der Waals surface area contributed by atoms with Crippen molar-refractivity contribution in [2.24, 2.45) is 0 Å². The Kier molecular flexibility index (Phi) is 4.58. The molecule has 106 valence electrons. The van der Waals surface area contributed by atoms with Crippen molar-refractivity contribution in [3.8, 4) is 0 Å². The molecule has 2 rings (SSSR count). The highest BCUT2D eigenvalue weighted by Crippen LogP contribution is 2.25. The van der Waals surface area contributed by atoms with Gasteiger partial charge in [-0.15, -0.1) is 0 Å². The van der Waals surface area contributed by atoms with Gasteiger partial charge in [0, 0.05) is 6.04 Å². The van der Waals surface area contributed by atoms with Crippen molar-refractivity contribution in [3.63, 3.8) is 0 Å². The second kappa shape index (κ2) is 6.01. The topological polar surface area (TPSA) is 50.7 Å². The normalized spacial score (nSPS) is 25.2. The summed E-state index contributed by atoms with van der Waals surface area (Å²) in [4.78, 5) is 0. The molecule has 2 N–H and O–H groups in total. The fourth-order valence-electron chi connectivity index (χ4n) is 2.35. The van der Waals surface area contributed by atoms with E-state index in [2.05, 4.69) is 24.4 Å². The maximum absolute atomic E-state index is 9.55. The van der Waals surface area contributed by atoms with Crippen LogP contribution in [0, 0.1) is 0 Å². The zero-order valence-corrected chi connectivity index (χ0v) is 11.8. The first kappa shape index (κ1) is 14.5. The van der Waals surface area contributed by atoms with E-state index in [0.29, 0.717) is 6.61 Å². The predicted molar refractivity (Wildman–Crippen MR) is 73.8 cm³/mol. The Bertz CT molecular complexity index is 394. The van der Waals surface area contributed by atoms with Crippen LogP contribution in [0.3, 0.4) is 0 Å². The summed E-state index contributed by atoms with van der Waals surface area (Å²) in [6, 6.07) is 10.2. The van der Waals surface area contributed by atoms with Gasteiger partial charge in [0.2, 0.25) is 0 Å². The number of hydrogen-bond donors (Lipinski definition) is 2. The molecular weight excluding hydrogens is 242 g/mol. The van der Waals surface area contributed by atoms with Gasteiger partial charge in [-0.2, -0.15) is 0 Å². The van der Waals surface area contributed by atoms with Crippen LogP contribution in [-0.2, 0) is 9.47 Å². The van der Waals surface area contributed by atoms with Crippen molar-refractivity contribution in [1.82, 2.24) is 5.32 Å². The lowest BCUT2D eigenvalue weighted by molar-refractivity contribution is -0.143. The highest BCUT2D eigenvalue weighted by molar-refractivity contribution is 5.18. The molecule has 1 aromatic rings. The molecule has 0 aliphatic carbocycles. The SMILES string of the molecule is C[C@@H](N[C@@H](CO)[C@@H]1COC(C)(C)O1)c1ccccc1. The van der Waals surface area contributed by atoms with Gasteiger partial charge in [0.1, 0.15) is 6.10 Å². The van der Waals surface area contributed by atoms with Gasteiger partial charge in [0.15, 0.2) is 5.79 Å². The minimum atomic E-state index is -0.560.